The largest absolute Gasteiger partial charge is 1.00 e. The third-order valence-corrected chi connectivity index (χ3v) is 5.40. The van der Waals surface area contributed by atoms with Crippen molar-refractivity contribution in [3.8, 4) is 6.07 Å². The third-order valence-electron chi connectivity index (χ3n) is 5.01. The lowest BCUT2D eigenvalue weighted by Gasteiger charge is -2.12. The number of nitriles is 1. The quantitative estimate of drug-likeness (QED) is 0.256. The van der Waals surface area contributed by atoms with Crippen molar-refractivity contribution in [2.45, 2.75) is 97.4 Å². The molecule has 0 fully saturated rings. The molecule has 0 atom stereocenters. The van der Waals surface area contributed by atoms with Crippen molar-refractivity contribution >= 4 is 23.1 Å². The summed E-state index contributed by atoms with van der Waals surface area (Å²) in [4.78, 5) is 0. The molecule has 3 N–H and O–H groups in total. The molecular formula is C22H38Cl2N4. The zero-order chi connectivity index (χ0) is 19.9. The number of nitrogens with one attached hydrogen (secondary N) is 1. The van der Waals surface area contributed by atoms with Gasteiger partial charge in [0.25, 0.3) is 5.82 Å². The highest BCUT2D eigenvalue weighted by Crippen LogP contribution is 2.23. The predicted octanol–water partition coefficient (Wildman–Crippen LogP) is 3.22. The van der Waals surface area contributed by atoms with Crippen LogP contribution < -0.4 is 28.0 Å². The smallest absolute Gasteiger partial charge is 0.275 e. The summed E-state index contributed by atoms with van der Waals surface area (Å²) in [6.07, 6.45) is 14.8. The number of anilines is 2. The fraction of sp³-hybridized carbons (Fsp3) is 0.727. The number of hydrogen-bond donors (Lipinski definition) is 2. The van der Waals surface area contributed by atoms with E-state index in [1.807, 2.05) is 10.6 Å². The SMILES string of the molecule is CCCCCCCCNc1cc(N)[n+](CCCCCCCC)c(Cl)c1C#N.[Cl-]. The van der Waals surface area contributed by atoms with E-state index in [4.69, 9.17) is 17.3 Å². The van der Waals surface area contributed by atoms with Crippen LogP contribution in [0.5, 0.6) is 0 Å². The van der Waals surface area contributed by atoms with Crippen LogP contribution in [0.1, 0.15) is 96.5 Å². The molecule has 0 saturated carbocycles. The number of nitrogen functional groups attached to an aromatic ring is 1. The molecule has 0 aliphatic rings. The fourth-order valence-corrected chi connectivity index (χ4v) is 3.64. The molecule has 1 aromatic rings. The number of halogens is 2. The van der Waals surface area contributed by atoms with Crippen molar-refractivity contribution in [3.63, 3.8) is 0 Å². The van der Waals surface area contributed by atoms with Gasteiger partial charge in [-0.1, -0.05) is 71.6 Å². The maximum absolute atomic E-state index is 9.55. The second kappa shape index (κ2) is 16.7. The minimum atomic E-state index is 0. The third kappa shape index (κ3) is 9.85. The van der Waals surface area contributed by atoms with Crippen molar-refractivity contribution < 1.29 is 17.0 Å². The standard InChI is InChI=1S/C22H37ClN4.ClH/c1-3-5-7-9-11-13-15-26-20-17-21(25)27(22(23)19(20)18-24)16-14-12-10-8-6-4-2;/h17H,3-16H2,1-2H3,(H2,25,26);1H. The molecule has 0 amide bonds. The van der Waals surface area contributed by atoms with Gasteiger partial charge in [-0.25, -0.2) is 4.57 Å². The molecule has 0 aromatic carbocycles. The molecule has 0 saturated heterocycles. The molecular weight excluding hydrogens is 391 g/mol. The van der Waals surface area contributed by atoms with E-state index in [0.29, 0.717) is 16.5 Å². The van der Waals surface area contributed by atoms with Crippen LogP contribution in [0.15, 0.2) is 6.07 Å². The summed E-state index contributed by atoms with van der Waals surface area (Å²) in [5, 5.41) is 13.4. The van der Waals surface area contributed by atoms with Crippen LogP contribution in [0.3, 0.4) is 0 Å². The highest BCUT2D eigenvalue weighted by Gasteiger charge is 2.19. The van der Waals surface area contributed by atoms with Crippen LogP contribution in [-0.2, 0) is 6.54 Å². The lowest BCUT2D eigenvalue weighted by Crippen LogP contribution is -3.00. The molecule has 160 valence electrons. The van der Waals surface area contributed by atoms with Gasteiger partial charge in [0.2, 0.25) is 5.15 Å². The number of nitrogens with two attached hydrogens (primary N) is 1. The number of rotatable bonds is 15. The summed E-state index contributed by atoms with van der Waals surface area (Å²) < 4.78 is 1.87. The lowest BCUT2D eigenvalue weighted by molar-refractivity contribution is -0.681. The highest BCUT2D eigenvalue weighted by molar-refractivity contribution is 6.30. The second-order valence-corrected chi connectivity index (χ2v) is 7.73. The number of unbranched alkanes of at least 4 members (excludes halogenated alkanes) is 10. The van der Waals surface area contributed by atoms with Crippen LogP contribution >= 0.6 is 11.6 Å². The molecule has 4 nitrogen and oxygen atoms in total. The summed E-state index contributed by atoms with van der Waals surface area (Å²) in [6, 6.07) is 4.11. The maximum atomic E-state index is 9.55. The molecule has 1 rings (SSSR count). The van der Waals surface area contributed by atoms with Crippen molar-refractivity contribution in [1.29, 1.82) is 5.26 Å². The van der Waals surface area contributed by atoms with Crippen molar-refractivity contribution in [3.05, 3.63) is 16.8 Å². The van der Waals surface area contributed by atoms with Gasteiger partial charge in [-0.3, -0.25) is 5.73 Å². The van der Waals surface area contributed by atoms with Crippen LogP contribution in [0.2, 0.25) is 5.15 Å². The number of pyridine rings is 1. The summed E-state index contributed by atoms with van der Waals surface area (Å²) in [7, 11) is 0. The first-order valence-electron chi connectivity index (χ1n) is 10.8. The van der Waals surface area contributed by atoms with Crippen LogP contribution in [0.25, 0.3) is 0 Å². The van der Waals surface area contributed by atoms with E-state index < -0.39 is 0 Å². The number of nitrogens with zero attached hydrogens (tertiary/aromatic N) is 2. The molecule has 0 aliphatic carbocycles. The minimum Gasteiger partial charge on any atom is -1.00 e. The Bertz CT molecular complexity index is 585. The van der Waals surface area contributed by atoms with Crippen LogP contribution in [0, 0.1) is 11.3 Å². The summed E-state index contributed by atoms with van der Waals surface area (Å²) in [5.41, 5.74) is 7.48. The average molecular weight is 429 g/mol. The first-order valence-corrected chi connectivity index (χ1v) is 11.2. The van der Waals surface area contributed by atoms with E-state index >= 15 is 0 Å². The minimum absolute atomic E-state index is 0. The number of hydrogen-bond acceptors (Lipinski definition) is 3. The van der Waals surface area contributed by atoms with Gasteiger partial charge in [0, 0.05) is 6.54 Å². The molecule has 0 aliphatic heterocycles. The Kier molecular flexibility index (Phi) is 16.0. The topological polar surface area (TPSA) is 65.7 Å². The lowest BCUT2D eigenvalue weighted by atomic mass is 10.1. The Labute approximate surface area is 183 Å². The van der Waals surface area contributed by atoms with E-state index in [2.05, 4.69) is 25.2 Å². The van der Waals surface area contributed by atoms with Gasteiger partial charge in [0.05, 0.1) is 18.3 Å². The van der Waals surface area contributed by atoms with Gasteiger partial charge < -0.3 is 17.7 Å². The first kappa shape index (κ1) is 26.8. The van der Waals surface area contributed by atoms with Crippen molar-refractivity contribution in [2.75, 3.05) is 17.6 Å². The molecule has 0 spiro atoms. The fourth-order valence-electron chi connectivity index (χ4n) is 3.31. The zero-order valence-electron chi connectivity index (χ0n) is 17.7. The van der Waals surface area contributed by atoms with Gasteiger partial charge >= 0.3 is 0 Å². The Morgan fingerprint density at radius 3 is 2.07 bits per heavy atom. The van der Waals surface area contributed by atoms with Gasteiger partial charge in [-0.05, 0) is 30.9 Å². The normalized spacial score (nSPS) is 10.4. The Morgan fingerprint density at radius 2 is 1.50 bits per heavy atom. The molecule has 1 aromatic heterocycles. The Morgan fingerprint density at radius 1 is 0.964 bits per heavy atom. The van der Waals surface area contributed by atoms with E-state index in [1.54, 1.807) is 0 Å². The van der Waals surface area contributed by atoms with Gasteiger partial charge in [-0.15, -0.1) is 0 Å². The van der Waals surface area contributed by atoms with E-state index in [0.717, 1.165) is 31.6 Å². The summed E-state index contributed by atoms with van der Waals surface area (Å²) in [5.74, 6) is 0.623. The van der Waals surface area contributed by atoms with Crippen molar-refractivity contribution in [1.82, 2.24) is 0 Å². The highest BCUT2D eigenvalue weighted by atomic mass is 35.5. The predicted molar refractivity (Wildman–Crippen MR) is 116 cm³/mol. The van der Waals surface area contributed by atoms with Crippen LogP contribution in [0.4, 0.5) is 11.5 Å². The van der Waals surface area contributed by atoms with Crippen molar-refractivity contribution in [2.24, 2.45) is 0 Å². The van der Waals surface area contributed by atoms with Gasteiger partial charge in [0.15, 0.2) is 0 Å². The van der Waals surface area contributed by atoms with E-state index in [9.17, 15) is 5.26 Å². The first-order chi connectivity index (χ1) is 13.2. The molecule has 28 heavy (non-hydrogen) atoms. The molecule has 6 heteroatoms. The van der Waals surface area contributed by atoms with Gasteiger partial charge in [-0.2, -0.15) is 5.26 Å². The van der Waals surface area contributed by atoms with Crippen LogP contribution in [-0.4, -0.2) is 6.54 Å². The van der Waals surface area contributed by atoms with E-state index in [-0.39, 0.29) is 12.4 Å². The number of aromatic nitrogens is 1. The molecule has 0 radical (unpaired) electrons. The average Bonchev–Trinajstić information content (AvgIpc) is 2.66. The Hall–Kier alpha value is -1.18. The monoisotopic (exact) mass is 428 g/mol. The summed E-state index contributed by atoms with van der Waals surface area (Å²) >= 11 is 6.50. The Balaban J connectivity index is 0.00000729. The molecule has 0 bridgehead atoms. The molecule has 1 heterocycles. The zero-order valence-corrected chi connectivity index (χ0v) is 19.2. The maximum Gasteiger partial charge on any atom is 0.275 e. The van der Waals surface area contributed by atoms with E-state index in [1.165, 1.54) is 64.2 Å². The summed E-state index contributed by atoms with van der Waals surface area (Å²) in [6.45, 7) is 6.07. The molecule has 0 unspecified atom stereocenters. The second-order valence-electron chi connectivity index (χ2n) is 7.37. The van der Waals surface area contributed by atoms with Gasteiger partial charge in [0.1, 0.15) is 11.6 Å².